The van der Waals surface area contributed by atoms with Crippen molar-refractivity contribution >= 4 is 11.8 Å². The highest BCUT2D eigenvalue weighted by Crippen LogP contribution is 2.28. The molecule has 0 unspecified atom stereocenters. The highest BCUT2D eigenvalue weighted by molar-refractivity contribution is 5.84. The van der Waals surface area contributed by atoms with Crippen molar-refractivity contribution in [3.05, 3.63) is 28.7 Å². The Kier molecular flexibility index (Phi) is 5.46. The molecule has 2 rings (SSSR count). The number of pyridine rings is 1. The van der Waals surface area contributed by atoms with E-state index in [0.717, 1.165) is 25.7 Å². The van der Waals surface area contributed by atoms with Gasteiger partial charge in [-0.3, -0.25) is 10.1 Å². The molecule has 6 heteroatoms. The number of carbonyl (C=O) groups excluding carboxylic acids is 1. The third kappa shape index (κ3) is 4.82. The average Bonchev–Trinajstić information content (AvgIpc) is 2.48. The standard InChI is InChI=1S/C17H26N2O4/c1-17(2,3)23-16(21)18-14-6-5-11-19(15(14)20)12-7-9-13(22-4)10-8-12/h5-6,11-13H,7-10H2,1-4H3,(H,18,21)/t12-,13-. The Hall–Kier alpha value is -1.82. The molecule has 1 aromatic heterocycles. The van der Waals surface area contributed by atoms with Crippen LogP contribution in [0.5, 0.6) is 0 Å². The molecule has 1 N–H and O–H groups in total. The number of aromatic nitrogens is 1. The van der Waals surface area contributed by atoms with Crippen LogP contribution in [-0.4, -0.2) is 29.5 Å². The number of carbonyl (C=O) groups is 1. The summed E-state index contributed by atoms with van der Waals surface area (Å²) < 4.78 is 12.3. The lowest BCUT2D eigenvalue weighted by Crippen LogP contribution is -2.33. The molecular formula is C17H26N2O4. The number of ether oxygens (including phenoxy) is 2. The zero-order valence-electron chi connectivity index (χ0n) is 14.3. The van der Waals surface area contributed by atoms with E-state index in [-0.39, 0.29) is 23.4 Å². The second-order valence-electron chi connectivity index (χ2n) is 6.93. The first kappa shape index (κ1) is 17.5. The number of hydrogen-bond donors (Lipinski definition) is 1. The number of amides is 1. The number of methoxy groups -OCH3 is 1. The normalized spacial score (nSPS) is 21.7. The minimum absolute atomic E-state index is 0.147. The van der Waals surface area contributed by atoms with Gasteiger partial charge in [0.1, 0.15) is 11.3 Å². The third-order valence-corrected chi connectivity index (χ3v) is 3.98. The molecule has 0 bridgehead atoms. The highest BCUT2D eigenvalue weighted by atomic mass is 16.6. The SMILES string of the molecule is CO[C@H]1CC[C@H](n2cccc(NC(=O)OC(C)(C)C)c2=O)CC1. The molecule has 0 aromatic carbocycles. The van der Waals surface area contributed by atoms with Crippen LogP contribution >= 0.6 is 0 Å². The minimum atomic E-state index is -0.615. The Balaban J connectivity index is 2.10. The summed E-state index contributed by atoms with van der Waals surface area (Å²) >= 11 is 0. The molecule has 1 aromatic rings. The maximum absolute atomic E-state index is 12.6. The van der Waals surface area contributed by atoms with E-state index in [1.54, 1.807) is 50.8 Å². The summed E-state index contributed by atoms with van der Waals surface area (Å²) in [4.78, 5) is 24.4. The second kappa shape index (κ2) is 7.17. The van der Waals surface area contributed by atoms with E-state index in [2.05, 4.69) is 5.32 Å². The van der Waals surface area contributed by atoms with Crippen LogP contribution in [-0.2, 0) is 9.47 Å². The molecule has 6 nitrogen and oxygen atoms in total. The van der Waals surface area contributed by atoms with Gasteiger partial charge in [-0.1, -0.05) is 0 Å². The van der Waals surface area contributed by atoms with Gasteiger partial charge in [0.05, 0.1) is 6.10 Å². The molecule has 1 fully saturated rings. The largest absolute Gasteiger partial charge is 0.444 e. The van der Waals surface area contributed by atoms with Gasteiger partial charge in [0.25, 0.3) is 5.56 Å². The maximum Gasteiger partial charge on any atom is 0.412 e. The number of anilines is 1. The number of rotatable bonds is 3. The van der Waals surface area contributed by atoms with Gasteiger partial charge in [0.15, 0.2) is 0 Å². The Bertz CT molecular complexity index is 595. The first-order valence-corrected chi connectivity index (χ1v) is 8.04. The van der Waals surface area contributed by atoms with Crippen molar-refractivity contribution in [2.75, 3.05) is 12.4 Å². The quantitative estimate of drug-likeness (QED) is 0.927. The topological polar surface area (TPSA) is 69.6 Å². The third-order valence-electron chi connectivity index (χ3n) is 3.98. The van der Waals surface area contributed by atoms with E-state index in [9.17, 15) is 9.59 Å². The molecule has 0 saturated heterocycles. The fourth-order valence-corrected chi connectivity index (χ4v) is 2.87. The van der Waals surface area contributed by atoms with Crippen molar-refractivity contribution in [3.63, 3.8) is 0 Å². The van der Waals surface area contributed by atoms with Crippen LogP contribution in [0.2, 0.25) is 0 Å². The molecule has 23 heavy (non-hydrogen) atoms. The van der Waals surface area contributed by atoms with Gasteiger partial charge in [0, 0.05) is 19.3 Å². The van der Waals surface area contributed by atoms with Crippen LogP contribution in [0.3, 0.4) is 0 Å². The van der Waals surface area contributed by atoms with Crippen molar-refractivity contribution in [1.82, 2.24) is 4.57 Å². The molecule has 1 aliphatic rings. The van der Waals surface area contributed by atoms with Crippen molar-refractivity contribution in [3.8, 4) is 0 Å². The van der Waals surface area contributed by atoms with E-state index in [1.807, 2.05) is 0 Å². The fraction of sp³-hybridized carbons (Fsp3) is 0.647. The highest BCUT2D eigenvalue weighted by Gasteiger charge is 2.24. The van der Waals surface area contributed by atoms with Gasteiger partial charge in [-0.25, -0.2) is 4.79 Å². The summed E-state index contributed by atoms with van der Waals surface area (Å²) in [7, 11) is 1.72. The zero-order chi connectivity index (χ0) is 17.0. The van der Waals surface area contributed by atoms with Gasteiger partial charge < -0.3 is 14.0 Å². The monoisotopic (exact) mass is 322 g/mol. The fourth-order valence-electron chi connectivity index (χ4n) is 2.87. The second-order valence-corrected chi connectivity index (χ2v) is 6.93. The summed E-state index contributed by atoms with van der Waals surface area (Å²) in [6.07, 6.45) is 5.12. The Labute approximate surface area is 136 Å². The molecule has 0 atom stereocenters. The lowest BCUT2D eigenvalue weighted by Gasteiger charge is -2.29. The van der Waals surface area contributed by atoms with Crippen molar-refractivity contribution in [2.24, 2.45) is 0 Å². The molecule has 1 amide bonds. The average molecular weight is 322 g/mol. The Morgan fingerprint density at radius 3 is 2.48 bits per heavy atom. The predicted octanol–water partition coefficient (Wildman–Crippen LogP) is 3.33. The summed E-state index contributed by atoms with van der Waals surface area (Å²) in [5, 5.41) is 2.55. The molecule has 1 saturated carbocycles. The van der Waals surface area contributed by atoms with Crippen molar-refractivity contribution in [2.45, 2.75) is 64.2 Å². The summed E-state index contributed by atoms with van der Waals surface area (Å²) in [6.45, 7) is 5.35. The van der Waals surface area contributed by atoms with Gasteiger partial charge in [-0.2, -0.15) is 0 Å². The molecule has 0 spiro atoms. The molecule has 0 aliphatic heterocycles. The molecule has 1 heterocycles. The molecule has 0 radical (unpaired) electrons. The van der Waals surface area contributed by atoms with Crippen LogP contribution in [0.15, 0.2) is 23.1 Å². The van der Waals surface area contributed by atoms with Crippen LogP contribution < -0.4 is 10.9 Å². The summed E-state index contributed by atoms with van der Waals surface area (Å²) in [5.74, 6) is 0. The molecular weight excluding hydrogens is 296 g/mol. The van der Waals surface area contributed by atoms with E-state index >= 15 is 0 Å². The van der Waals surface area contributed by atoms with Crippen LogP contribution in [0, 0.1) is 0 Å². The lowest BCUT2D eigenvalue weighted by molar-refractivity contribution is 0.0580. The molecule has 1 aliphatic carbocycles. The maximum atomic E-state index is 12.6. The van der Waals surface area contributed by atoms with Gasteiger partial charge in [-0.05, 0) is 58.6 Å². The van der Waals surface area contributed by atoms with Crippen LogP contribution in [0.25, 0.3) is 0 Å². The zero-order valence-corrected chi connectivity index (χ0v) is 14.3. The first-order chi connectivity index (χ1) is 10.8. The molecule has 128 valence electrons. The number of hydrogen-bond acceptors (Lipinski definition) is 4. The van der Waals surface area contributed by atoms with Crippen LogP contribution in [0.1, 0.15) is 52.5 Å². The summed E-state index contributed by atoms with van der Waals surface area (Å²) in [6, 6.07) is 3.52. The van der Waals surface area contributed by atoms with Gasteiger partial charge >= 0.3 is 6.09 Å². The van der Waals surface area contributed by atoms with Gasteiger partial charge in [-0.15, -0.1) is 0 Å². The first-order valence-electron chi connectivity index (χ1n) is 8.04. The van der Waals surface area contributed by atoms with E-state index < -0.39 is 11.7 Å². The van der Waals surface area contributed by atoms with Crippen molar-refractivity contribution in [1.29, 1.82) is 0 Å². The van der Waals surface area contributed by atoms with Gasteiger partial charge in [0.2, 0.25) is 0 Å². The predicted molar refractivity (Wildman–Crippen MR) is 88.9 cm³/mol. The van der Waals surface area contributed by atoms with Crippen LogP contribution in [0.4, 0.5) is 10.5 Å². The van der Waals surface area contributed by atoms with E-state index in [1.165, 1.54) is 0 Å². The van der Waals surface area contributed by atoms with E-state index in [0.29, 0.717) is 0 Å². The minimum Gasteiger partial charge on any atom is -0.444 e. The van der Waals surface area contributed by atoms with E-state index in [4.69, 9.17) is 9.47 Å². The summed E-state index contributed by atoms with van der Waals surface area (Å²) in [5.41, 5.74) is -0.550. The smallest absolute Gasteiger partial charge is 0.412 e. The number of nitrogens with one attached hydrogen (secondary N) is 1. The Morgan fingerprint density at radius 2 is 1.91 bits per heavy atom. The lowest BCUT2D eigenvalue weighted by atomic mass is 9.92. The Morgan fingerprint density at radius 1 is 1.26 bits per heavy atom. The number of nitrogens with zero attached hydrogens (tertiary/aromatic N) is 1. The van der Waals surface area contributed by atoms with Crippen molar-refractivity contribution < 1.29 is 14.3 Å².